The zero-order chi connectivity index (χ0) is 19.2. The number of benzene rings is 1. The second-order valence-corrected chi connectivity index (χ2v) is 10.6. The van der Waals surface area contributed by atoms with E-state index in [0.717, 1.165) is 27.8 Å². The third-order valence-electron chi connectivity index (χ3n) is 5.44. The molecule has 1 aromatic carbocycles. The zero-order valence-corrected chi connectivity index (χ0v) is 17.4. The number of rotatable bonds is 4. The molecule has 6 nitrogen and oxygen atoms in total. The van der Waals surface area contributed by atoms with E-state index >= 15 is 0 Å². The van der Waals surface area contributed by atoms with Crippen LogP contribution in [0.5, 0.6) is 0 Å². The highest BCUT2D eigenvalue weighted by molar-refractivity contribution is 7.89. The molecule has 2 rings (SSSR count). The third-order valence-corrected chi connectivity index (χ3v) is 8.54. The minimum Gasteiger partial charge on any atom is -0.213 e. The summed E-state index contributed by atoms with van der Waals surface area (Å²) in [6, 6.07) is -0.247. The lowest BCUT2D eigenvalue weighted by Crippen LogP contribution is -2.46. The predicted molar refractivity (Wildman–Crippen MR) is 99.9 cm³/mol. The molecule has 1 aliphatic rings. The SMILES string of the molecule is Cc1c(C)c(C)c(S(=O)(=O)NC2CCN(S(C)(=O)=O)CC2)c(C)c1C. The van der Waals surface area contributed by atoms with Crippen LogP contribution in [-0.2, 0) is 20.0 Å². The lowest BCUT2D eigenvalue weighted by atomic mass is 9.95. The van der Waals surface area contributed by atoms with E-state index in [2.05, 4.69) is 4.72 Å². The van der Waals surface area contributed by atoms with Crippen molar-refractivity contribution in [2.24, 2.45) is 0 Å². The Morgan fingerprint density at radius 1 is 0.800 bits per heavy atom. The summed E-state index contributed by atoms with van der Waals surface area (Å²) in [6.07, 6.45) is 2.14. The van der Waals surface area contributed by atoms with Crippen LogP contribution in [0.25, 0.3) is 0 Å². The molecule has 1 saturated heterocycles. The highest BCUT2D eigenvalue weighted by Gasteiger charge is 2.30. The Morgan fingerprint density at radius 2 is 1.20 bits per heavy atom. The fourth-order valence-corrected chi connectivity index (χ4v) is 6.23. The van der Waals surface area contributed by atoms with Crippen molar-refractivity contribution < 1.29 is 16.8 Å². The van der Waals surface area contributed by atoms with Crippen molar-refractivity contribution in [1.29, 1.82) is 0 Å². The first-order valence-corrected chi connectivity index (χ1v) is 11.7. The van der Waals surface area contributed by atoms with Gasteiger partial charge in [-0.25, -0.2) is 25.9 Å². The number of nitrogens with one attached hydrogen (secondary N) is 1. The summed E-state index contributed by atoms with van der Waals surface area (Å²) in [4.78, 5) is 0.360. The molecule has 0 amide bonds. The van der Waals surface area contributed by atoms with Gasteiger partial charge >= 0.3 is 0 Å². The Balaban J connectivity index is 2.28. The zero-order valence-electron chi connectivity index (χ0n) is 15.8. The Kier molecular flexibility index (Phi) is 5.68. The first-order chi connectivity index (χ1) is 11.4. The van der Waals surface area contributed by atoms with Gasteiger partial charge in [-0.1, -0.05) is 0 Å². The number of piperidine rings is 1. The van der Waals surface area contributed by atoms with E-state index in [4.69, 9.17) is 0 Å². The van der Waals surface area contributed by atoms with Gasteiger partial charge in [-0.2, -0.15) is 0 Å². The lowest BCUT2D eigenvalue weighted by Gasteiger charge is -2.31. The summed E-state index contributed by atoms with van der Waals surface area (Å²) in [5.74, 6) is 0. The van der Waals surface area contributed by atoms with Gasteiger partial charge in [-0.05, 0) is 75.3 Å². The van der Waals surface area contributed by atoms with Gasteiger partial charge in [0, 0.05) is 19.1 Å². The molecule has 1 fully saturated rings. The standard InChI is InChI=1S/C17H28N2O4S2/c1-11-12(2)14(4)17(15(5)13(11)3)25(22,23)18-16-7-9-19(10-8-16)24(6,20)21/h16,18H,7-10H2,1-6H3. The van der Waals surface area contributed by atoms with Crippen LogP contribution in [0.1, 0.15) is 40.7 Å². The average Bonchev–Trinajstić information content (AvgIpc) is 2.50. The van der Waals surface area contributed by atoms with Gasteiger partial charge in [0.1, 0.15) is 0 Å². The topological polar surface area (TPSA) is 83.6 Å². The van der Waals surface area contributed by atoms with Crippen molar-refractivity contribution in [1.82, 2.24) is 9.03 Å². The molecule has 142 valence electrons. The van der Waals surface area contributed by atoms with Crippen LogP contribution in [0.3, 0.4) is 0 Å². The predicted octanol–water partition coefficient (Wildman–Crippen LogP) is 1.93. The summed E-state index contributed by atoms with van der Waals surface area (Å²) in [7, 11) is -6.87. The summed E-state index contributed by atoms with van der Waals surface area (Å²) >= 11 is 0. The van der Waals surface area contributed by atoms with Gasteiger partial charge in [-0.15, -0.1) is 0 Å². The largest absolute Gasteiger partial charge is 0.241 e. The molecule has 0 saturated carbocycles. The van der Waals surface area contributed by atoms with Crippen LogP contribution >= 0.6 is 0 Å². The summed E-state index contributed by atoms with van der Waals surface area (Å²) in [5.41, 5.74) is 4.67. The highest BCUT2D eigenvalue weighted by atomic mass is 32.2. The van der Waals surface area contributed by atoms with Gasteiger partial charge < -0.3 is 0 Å². The van der Waals surface area contributed by atoms with E-state index in [0.29, 0.717) is 30.8 Å². The van der Waals surface area contributed by atoms with Crippen LogP contribution < -0.4 is 4.72 Å². The highest BCUT2D eigenvalue weighted by Crippen LogP contribution is 2.30. The third kappa shape index (κ3) is 4.07. The van der Waals surface area contributed by atoms with Crippen molar-refractivity contribution in [2.75, 3.05) is 19.3 Å². The van der Waals surface area contributed by atoms with Crippen LogP contribution in [-0.4, -0.2) is 46.5 Å². The van der Waals surface area contributed by atoms with Crippen molar-refractivity contribution in [3.63, 3.8) is 0 Å². The van der Waals surface area contributed by atoms with E-state index in [9.17, 15) is 16.8 Å². The molecule has 1 heterocycles. The van der Waals surface area contributed by atoms with E-state index < -0.39 is 20.0 Å². The molecule has 0 aromatic heterocycles. The number of sulfonamides is 2. The number of hydrogen-bond acceptors (Lipinski definition) is 4. The molecule has 8 heteroatoms. The summed E-state index contributed by atoms with van der Waals surface area (Å²) in [5, 5.41) is 0. The monoisotopic (exact) mass is 388 g/mol. The molecule has 0 radical (unpaired) electrons. The first kappa shape index (κ1) is 20.4. The van der Waals surface area contributed by atoms with Crippen molar-refractivity contribution >= 4 is 20.0 Å². The molecule has 1 aromatic rings. The Bertz CT molecular complexity index is 853. The molecule has 25 heavy (non-hydrogen) atoms. The minimum atomic E-state index is -3.65. The molecule has 0 bridgehead atoms. The van der Waals surface area contributed by atoms with Crippen LogP contribution in [0.4, 0.5) is 0 Å². The smallest absolute Gasteiger partial charge is 0.213 e. The van der Waals surface area contributed by atoms with E-state index in [1.807, 2.05) is 34.6 Å². The second-order valence-electron chi connectivity index (χ2n) is 7.01. The number of nitrogens with zero attached hydrogens (tertiary/aromatic N) is 1. The van der Waals surface area contributed by atoms with Gasteiger partial charge in [-0.3, -0.25) is 0 Å². The molecule has 0 atom stereocenters. The molecule has 0 aliphatic carbocycles. The average molecular weight is 389 g/mol. The molecular weight excluding hydrogens is 360 g/mol. The maximum Gasteiger partial charge on any atom is 0.241 e. The fraction of sp³-hybridized carbons (Fsp3) is 0.647. The van der Waals surface area contributed by atoms with E-state index in [-0.39, 0.29) is 6.04 Å². The van der Waals surface area contributed by atoms with Gasteiger partial charge in [0.2, 0.25) is 20.0 Å². The van der Waals surface area contributed by atoms with Gasteiger partial charge in [0.05, 0.1) is 11.2 Å². The normalized spacial score (nSPS) is 17.8. The summed E-state index contributed by atoms with van der Waals surface area (Å²) in [6.45, 7) is 10.3. The number of hydrogen-bond donors (Lipinski definition) is 1. The maximum absolute atomic E-state index is 13.0. The van der Waals surface area contributed by atoms with Crippen LogP contribution in [0, 0.1) is 34.6 Å². The van der Waals surface area contributed by atoms with E-state index in [1.54, 1.807) is 0 Å². The molecule has 0 unspecified atom stereocenters. The fourth-order valence-electron chi connectivity index (χ4n) is 3.45. The maximum atomic E-state index is 13.0. The van der Waals surface area contributed by atoms with E-state index in [1.165, 1.54) is 10.6 Å². The molecule has 0 spiro atoms. The first-order valence-electron chi connectivity index (χ1n) is 8.40. The quantitative estimate of drug-likeness (QED) is 0.854. The van der Waals surface area contributed by atoms with Crippen molar-refractivity contribution in [2.45, 2.75) is 58.4 Å². The summed E-state index contributed by atoms with van der Waals surface area (Å²) < 4.78 is 53.3. The Labute approximate surface area is 151 Å². The minimum absolute atomic E-state index is 0.247. The van der Waals surface area contributed by atoms with Crippen LogP contribution in [0.15, 0.2) is 4.90 Å². The van der Waals surface area contributed by atoms with Gasteiger partial charge in [0.25, 0.3) is 0 Å². The second kappa shape index (κ2) is 6.98. The Hall–Kier alpha value is -0.960. The lowest BCUT2D eigenvalue weighted by molar-refractivity contribution is 0.310. The van der Waals surface area contributed by atoms with Crippen molar-refractivity contribution in [3.05, 3.63) is 27.8 Å². The molecular formula is C17H28N2O4S2. The molecule has 1 aliphatic heterocycles. The Morgan fingerprint density at radius 3 is 1.60 bits per heavy atom. The molecule has 1 N–H and O–H groups in total. The van der Waals surface area contributed by atoms with Gasteiger partial charge in [0.15, 0.2) is 0 Å². The van der Waals surface area contributed by atoms with Crippen molar-refractivity contribution in [3.8, 4) is 0 Å². The van der Waals surface area contributed by atoms with Crippen LogP contribution in [0.2, 0.25) is 0 Å².